The average Bonchev–Trinajstić information content (AvgIpc) is 2.99. The number of carboxylic acids is 1. The quantitative estimate of drug-likeness (QED) is 0.675. The molecule has 0 aliphatic carbocycles. The first-order valence-corrected chi connectivity index (χ1v) is 7.23. The molecule has 0 aliphatic rings. The molecule has 0 aliphatic heterocycles. The summed E-state index contributed by atoms with van der Waals surface area (Å²) in [5.41, 5.74) is -2.68. The summed E-state index contributed by atoms with van der Waals surface area (Å²) >= 11 is 0. The number of aryl methyl sites for hydroxylation is 1. The van der Waals surface area contributed by atoms with Gasteiger partial charge in [0.05, 0.1) is 11.1 Å². The van der Waals surface area contributed by atoms with Gasteiger partial charge in [-0.25, -0.2) is 9.18 Å². The van der Waals surface area contributed by atoms with E-state index in [0.717, 1.165) is 6.07 Å². The Balaban J connectivity index is 2.01. The van der Waals surface area contributed by atoms with E-state index in [1.807, 2.05) is 0 Å². The number of rotatable bonds is 3. The molecule has 0 saturated carbocycles. The highest BCUT2D eigenvalue weighted by molar-refractivity contribution is 6.07. The van der Waals surface area contributed by atoms with Gasteiger partial charge in [-0.15, -0.1) is 0 Å². The number of amides is 1. The van der Waals surface area contributed by atoms with Crippen molar-refractivity contribution in [1.82, 2.24) is 9.78 Å². The lowest BCUT2D eigenvalue weighted by Crippen LogP contribution is -2.14. The first-order chi connectivity index (χ1) is 13.8. The molecule has 1 aromatic heterocycles. The number of aromatic nitrogens is 2. The van der Waals surface area contributed by atoms with Crippen LogP contribution in [0.15, 0.2) is 36.4 Å². The van der Waals surface area contributed by atoms with Crippen LogP contribution in [0.3, 0.4) is 0 Å². The lowest BCUT2D eigenvalue weighted by Gasteiger charge is -2.10. The first-order valence-electron chi connectivity index (χ1n) is 8.73. The van der Waals surface area contributed by atoms with Crippen molar-refractivity contribution in [3.63, 3.8) is 0 Å². The van der Waals surface area contributed by atoms with Gasteiger partial charge in [0.1, 0.15) is 5.82 Å². The van der Waals surface area contributed by atoms with Crippen molar-refractivity contribution in [2.75, 3.05) is 5.32 Å². The number of anilines is 1. The number of hydrogen-bond donors (Lipinski definition) is 2. The number of carbonyl (C=O) groups excluding carboxylic acids is 1. The number of fused-ring (bicyclic) bond motifs is 1. The zero-order valence-corrected chi connectivity index (χ0v) is 13.1. The molecule has 0 saturated heterocycles. The molecule has 2 aromatic carbocycles. The number of benzene rings is 2. The molecular weight excluding hydrogens is 370 g/mol. The van der Waals surface area contributed by atoms with E-state index >= 15 is 0 Å². The highest BCUT2D eigenvalue weighted by Crippen LogP contribution is 2.30. The first kappa shape index (κ1) is 14.7. The third-order valence-electron chi connectivity index (χ3n) is 3.62. The fourth-order valence-corrected chi connectivity index (χ4v) is 2.46. The van der Waals surface area contributed by atoms with Crippen molar-refractivity contribution in [2.45, 2.75) is 6.18 Å². The van der Waals surface area contributed by atoms with Crippen molar-refractivity contribution in [1.29, 1.82) is 0 Å². The van der Waals surface area contributed by atoms with Crippen LogP contribution in [0, 0.1) is 5.82 Å². The van der Waals surface area contributed by atoms with Crippen LogP contribution in [0.4, 0.5) is 23.2 Å². The van der Waals surface area contributed by atoms with E-state index in [0.29, 0.717) is 16.8 Å². The average molecular weight is 384 g/mol. The number of carboxylic acid groups (broad SMARTS) is 1. The third kappa shape index (κ3) is 3.59. The minimum Gasteiger partial charge on any atom is -0.477 e. The van der Waals surface area contributed by atoms with E-state index in [4.69, 9.17) is 4.11 Å². The Morgan fingerprint density at radius 2 is 1.96 bits per heavy atom. The fourth-order valence-electron chi connectivity index (χ4n) is 2.46. The standard InChI is InChI=1S/C17H11F4N3O3/c1-24-14(16(26)27)12-7-11(2-3-13(12)23-24)22-15(25)8-4-9(17(19,20)21)6-10(18)5-8/h2-7H,1H3,(H,22,25)(H,26,27)/i1D3. The van der Waals surface area contributed by atoms with Crippen LogP contribution in [0.2, 0.25) is 0 Å². The summed E-state index contributed by atoms with van der Waals surface area (Å²) in [6.07, 6.45) is -4.86. The van der Waals surface area contributed by atoms with Gasteiger partial charge in [-0.05, 0) is 36.4 Å². The molecule has 27 heavy (non-hydrogen) atoms. The van der Waals surface area contributed by atoms with Crippen LogP contribution >= 0.6 is 0 Å². The Bertz CT molecular complexity index is 1170. The van der Waals surface area contributed by atoms with Gasteiger partial charge in [-0.2, -0.15) is 18.3 Å². The summed E-state index contributed by atoms with van der Waals surface area (Å²) in [5.74, 6) is -3.94. The molecule has 3 rings (SSSR count). The van der Waals surface area contributed by atoms with Crippen LogP contribution in [-0.2, 0) is 13.2 Å². The van der Waals surface area contributed by atoms with Gasteiger partial charge in [0.2, 0.25) is 0 Å². The van der Waals surface area contributed by atoms with E-state index in [1.54, 1.807) is 0 Å². The van der Waals surface area contributed by atoms with Crippen molar-refractivity contribution in [2.24, 2.45) is 6.98 Å². The summed E-state index contributed by atoms with van der Waals surface area (Å²) in [5, 5.41) is 15.2. The summed E-state index contributed by atoms with van der Waals surface area (Å²) in [7, 11) is 0. The lowest BCUT2D eigenvalue weighted by molar-refractivity contribution is -0.137. The molecule has 3 aromatic rings. The maximum atomic E-state index is 13.5. The molecule has 0 atom stereocenters. The van der Waals surface area contributed by atoms with Crippen molar-refractivity contribution >= 4 is 28.5 Å². The number of halogens is 4. The van der Waals surface area contributed by atoms with Crippen LogP contribution in [0.1, 0.15) is 30.5 Å². The Hall–Kier alpha value is -3.43. The molecule has 0 fully saturated rings. The summed E-state index contributed by atoms with van der Waals surface area (Å²) in [4.78, 5) is 23.8. The minimum atomic E-state index is -4.86. The number of aromatic carboxylic acids is 1. The van der Waals surface area contributed by atoms with E-state index < -0.39 is 47.7 Å². The third-order valence-corrected chi connectivity index (χ3v) is 3.62. The summed E-state index contributed by atoms with van der Waals surface area (Å²) in [6, 6.07) is 4.89. The number of carbonyl (C=O) groups is 2. The zero-order chi connectivity index (χ0) is 22.4. The molecule has 10 heteroatoms. The predicted octanol–water partition coefficient (Wildman–Crippen LogP) is 3.68. The maximum Gasteiger partial charge on any atom is 0.416 e. The summed E-state index contributed by atoms with van der Waals surface area (Å²) in [6.45, 7) is -2.88. The van der Waals surface area contributed by atoms with E-state index in [9.17, 15) is 32.3 Å². The van der Waals surface area contributed by atoms with Gasteiger partial charge in [0, 0.05) is 27.7 Å². The van der Waals surface area contributed by atoms with Crippen LogP contribution in [0.25, 0.3) is 10.9 Å². The normalized spacial score (nSPS) is 13.7. The SMILES string of the molecule is [2H]C([2H])([2H])n1nc2ccc(NC(=O)c3cc(F)cc(C(F)(F)F)c3)cc2c1C(=O)O. The molecule has 1 heterocycles. The van der Waals surface area contributed by atoms with Gasteiger partial charge in [-0.1, -0.05) is 0 Å². The predicted molar refractivity (Wildman–Crippen MR) is 87.0 cm³/mol. The van der Waals surface area contributed by atoms with Crippen molar-refractivity contribution in [3.8, 4) is 0 Å². The molecule has 140 valence electrons. The van der Waals surface area contributed by atoms with Crippen molar-refractivity contribution < 1.29 is 36.4 Å². The van der Waals surface area contributed by atoms with E-state index in [1.165, 1.54) is 12.1 Å². The van der Waals surface area contributed by atoms with E-state index in [-0.39, 0.29) is 22.7 Å². The molecule has 0 radical (unpaired) electrons. The molecule has 1 amide bonds. The number of alkyl halides is 3. The lowest BCUT2D eigenvalue weighted by atomic mass is 10.1. The molecule has 0 unspecified atom stereocenters. The minimum absolute atomic E-state index is 0.00615. The Labute approximate surface area is 153 Å². The second-order valence-electron chi connectivity index (χ2n) is 5.48. The Morgan fingerprint density at radius 3 is 2.59 bits per heavy atom. The molecule has 0 spiro atoms. The Morgan fingerprint density at radius 1 is 1.22 bits per heavy atom. The van der Waals surface area contributed by atoms with Gasteiger partial charge in [0.15, 0.2) is 5.69 Å². The summed E-state index contributed by atoms with van der Waals surface area (Å²) < 4.78 is 74.5. The van der Waals surface area contributed by atoms with Gasteiger partial charge >= 0.3 is 12.1 Å². The smallest absolute Gasteiger partial charge is 0.416 e. The van der Waals surface area contributed by atoms with Gasteiger partial charge in [0.25, 0.3) is 5.91 Å². The molecule has 2 N–H and O–H groups in total. The number of nitrogens with one attached hydrogen (secondary N) is 1. The van der Waals surface area contributed by atoms with Crippen LogP contribution < -0.4 is 5.32 Å². The second-order valence-corrected chi connectivity index (χ2v) is 5.48. The maximum absolute atomic E-state index is 13.5. The largest absolute Gasteiger partial charge is 0.477 e. The number of nitrogens with zero attached hydrogens (tertiary/aromatic N) is 2. The van der Waals surface area contributed by atoms with Crippen LogP contribution in [0.5, 0.6) is 0 Å². The van der Waals surface area contributed by atoms with Crippen molar-refractivity contribution in [3.05, 3.63) is 59.0 Å². The second kappa shape index (κ2) is 6.38. The molecule has 0 bridgehead atoms. The van der Waals surface area contributed by atoms with E-state index in [2.05, 4.69) is 10.4 Å². The van der Waals surface area contributed by atoms with Gasteiger partial charge < -0.3 is 10.4 Å². The zero-order valence-electron chi connectivity index (χ0n) is 16.1. The molecule has 6 nitrogen and oxygen atoms in total. The molecular formula is C17H11F4N3O3. The topological polar surface area (TPSA) is 84.2 Å². The fraction of sp³-hybridized carbons (Fsp3) is 0.118. The Kier molecular flexibility index (Phi) is 3.48. The number of hydrogen-bond acceptors (Lipinski definition) is 3. The monoisotopic (exact) mass is 384 g/mol. The highest BCUT2D eigenvalue weighted by Gasteiger charge is 2.32. The van der Waals surface area contributed by atoms with Crippen LogP contribution in [-0.4, -0.2) is 26.8 Å². The highest BCUT2D eigenvalue weighted by atomic mass is 19.4. The van der Waals surface area contributed by atoms with Gasteiger partial charge in [-0.3, -0.25) is 9.48 Å².